The van der Waals surface area contributed by atoms with Crippen LogP contribution in [0.3, 0.4) is 0 Å². The van der Waals surface area contributed by atoms with Crippen LogP contribution >= 0.6 is 11.6 Å². The molecule has 1 aliphatic heterocycles. The summed E-state index contributed by atoms with van der Waals surface area (Å²) in [7, 11) is -3.83. The van der Waals surface area contributed by atoms with E-state index in [0.717, 1.165) is 30.2 Å². The quantitative estimate of drug-likeness (QED) is 0.656. The molecule has 2 aromatic rings. The molecule has 1 heterocycles. The molecule has 1 saturated carbocycles. The fourth-order valence-corrected chi connectivity index (χ4v) is 4.75. The Labute approximate surface area is 184 Å². The largest absolute Gasteiger partial charge is 0.324 e. The van der Waals surface area contributed by atoms with Gasteiger partial charge in [0.25, 0.3) is 0 Å². The number of sulfonamides is 1. The highest BCUT2D eigenvalue weighted by Crippen LogP contribution is 2.37. The van der Waals surface area contributed by atoms with Crippen molar-refractivity contribution in [2.24, 2.45) is 5.92 Å². The van der Waals surface area contributed by atoms with Crippen molar-refractivity contribution in [3.05, 3.63) is 52.8 Å². The molecule has 2 amide bonds. The first-order valence-electron chi connectivity index (χ1n) is 9.93. The highest BCUT2D eigenvalue weighted by Gasteiger charge is 2.36. The third-order valence-corrected chi connectivity index (χ3v) is 6.99. The lowest BCUT2D eigenvalue weighted by Crippen LogP contribution is -2.30. The highest BCUT2D eigenvalue weighted by atomic mass is 35.5. The number of hydrogen-bond donors (Lipinski definition) is 2. The summed E-state index contributed by atoms with van der Waals surface area (Å²) in [4.78, 5) is 26.2. The number of rotatable bonds is 7. The van der Waals surface area contributed by atoms with Gasteiger partial charge in [0.15, 0.2) is 0 Å². The number of halogens is 2. The number of nitrogens with one attached hydrogen (secondary N) is 2. The molecule has 2 aliphatic rings. The molecule has 4 rings (SSSR count). The van der Waals surface area contributed by atoms with E-state index in [1.165, 1.54) is 18.2 Å². The zero-order chi connectivity index (χ0) is 22.2. The van der Waals surface area contributed by atoms with Crippen molar-refractivity contribution in [2.75, 3.05) is 23.3 Å². The van der Waals surface area contributed by atoms with Crippen molar-refractivity contribution in [3.63, 3.8) is 0 Å². The van der Waals surface area contributed by atoms with Gasteiger partial charge in [0, 0.05) is 36.1 Å². The summed E-state index contributed by atoms with van der Waals surface area (Å²) >= 11 is 5.67. The summed E-state index contributed by atoms with van der Waals surface area (Å²) in [5.41, 5.74) is 1.55. The minimum Gasteiger partial charge on any atom is -0.324 e. The van der Waals surface area contributed by atoms with Gasteiger partial charge in [-0.25, -0.2) is 17.5 Å². The van der Waals surface area contributed by atoms with E-state index in [-0.39, 0.29) is 40.4 Å². The number of nitrogens with zero attached hydrogens (tertiary/aromatic N) is 1. The van der Waals surface area contributed by atoms with Crippen molar-refractivity contribution in [2.45, 2.75) is 30.6 Å². The minimum atomic E-state index is -3.83. The summed E-state index contributed by atoms with van der Waals surface area (Å²) in [6, 6.07) is 8.54. The topological polar surface area (TPSA) is 95.6 Å². The first-order chi connectivity index (χ1) is 14.7. The first kappa shape index (κ1) is 21.7. The summed E-state index contributed by atoms with van der Waals surface area (Å²) in [6.45, 7) is 0.412. The van der Waals surface area contributed by atoms with Crippen LogP contribution in [-0.2, 0) is 26.0 Å². The Morgan fingerprint density at radius 1 is 1.16 bits per heavy atom. The van der Waals surface area contributed by atoms with Gasteiger partial charge < -0.3 is 10.2 Å². The van der Waals surface area contributed by atoms with Crippen LogP contribution in [0.4, 0.5) is 15.8 Å². The molecule has 164 valence electrons. The molecule has 0 aromatic heterocycles. The molecule has 7 nitrogen and oxygen atoms in total. The van der Waals surface area contributed by atoms with Gasteiger partial charge in [-0.05, 0) is 61.2 Å². The zero-order valence-electron chi connectivity index (χ0n) is 16.5. The van der Waals surface area contributed by atoms with Crippen molar-refractivity contribution < 1.29 is 22.4 Å². The number of carbonyl (C=O) groups excluding carboxylic acids is 2. The van der Waals surface area contributed by atoms with Gasteiger partial charge in [-0.1, -0.05) is 11.6 Å². The Kier molecular flexibility index (Phi) is 6.00. The molecule has 2 aromatic carbocycles. The average molecular weight is 466 g/mol. The minimum absolute atomic E-state index is 0.0267. The molecular weight excluding hydrogens is 445 g/mol. The van der Waals surface area contributed by atoms with E-state index in [2.05, 4.69) is 10.0 Å². The Bertz CT molecular complexity index is 1150. The molecule has 0 spiro atoms. The van der Waals surface area contributed by atoms with Crippen LogP contribution in [0.15, 0.2) is 41.3 Å². The van der Waals surface area contributed by atoms with Crippen molar-refractivity contribution in [3.8, 4) is 0 Å². The van der Waals surface area contributed by atoms with E-state index >= 15 is 0 Å². The summed E-state index contributed by atoms with van der Waals surface area (Å²) < 4.78 is 41.3. The third kappa shape index (κ3) is 4.89. The van der Waals surface area contributed by atoms with Crippen LogP contribution in [-0.4, -0.2) is 33.3 Å². The SMILES string of the molecule is O=C(CCNS(=O)(=O)c1ccc2c(c1)CCN2C(=O)C1CC1)Nc1ccc(Cl)cc1F. The van der Waals surface area contributed by atoms with Gasteiger partial charge >= 0.3 is 0 Å². The molecule has 0 saturated heterocycles. The van der Waals surface area contributed by atoms with Gasteiger partial charge in [-0.2, -0.15) is 0 Å². The number of benzene rings is 2. The Balaban J connectivity index is 1.35. The van der Waals surface area contributed by atoms with E-state index in [1.807, 2.05) is 0 Å². The number of anilines is 2. The lowest BCUT2D eigenvalue weighted by atomic mass is 10.2. The second-order valence-corrected chi connectivity index (χ2v) is 9.83. The molecule has 31 heavy (non-hydrogen) atoms. The summed E-state index contributed by atoms with van der Waals surface area (Å²) in [5, 5.41) is 2.59. The fraction of sp³-hybridized carbons (Fsp3) is 0.333. The summed E-state index contributed by atoms with van der Waals surface area (Å²) in [6.07, 6.45) is 2.26. The molecule has 1 fully saturated rings. The smallest absolute Gasteiger partial charge is 0.240 e. The van der Waals surface area contributed by atoms with Crippen LogP contribution in [0.1, 0.15) is 24.8 Å². The van der Waals surface area contributed by atoms with Crippen molar-refractivity contribution in [1.82, 2.24) is 4.72 Å². The van der Waals surface area contributed by atoms with E-state index in [1.54, 1.807) is 17.0 Å². The first-order valence-corrected chi connectivity index (χ1v) is 11.8. The van der Waals surface area contributed by atoms with Gasteiger partial charge in [0.05, 0.1) is 10.6 Å². The normalized spacial score (nSPS) is 15.6. The van der Waals surface area contributed by atoms with E-state index < -0.39 is 21.7 Å². The molecule has 1 aliphatic carbocycles. The molecule has 0 radical (unpaired) electrons. The van der Waals surface area contributed by atoms with E-state index in [0.29, 0.717) is 13.0 Å². The Hall–Kier alpha value is -2.49. The van der Waals surface area contributed by atoms with Gasteiger partial charge in [-0.3, -0.25) is 9.59 Å². The fourth-order valence-electron chi connectivity index (χ4n) is 3.51. The van der Waals surface area contributed by atoms with Crippen LogP contribution in [0.2, 0.25) is 5.02 Å². The molecular formula is C21H21ClFN3O4S. The standard InChI is InChI=1S/C21H21ClFN3O4S/c22-15-3-5-18(17(23)12-15)25-20(27)7-9-24-31(29,30)16-4-6-19-14(11-16)8-10-26(19)21(28)13-1-2-13/h3-6,11-13,24H,1-2,7-10H2,(H,25,27). The molecule has 2 N–H and O–H groups in total. The second kappa shape index (κ2) is 8.57. The zero-order valence-corrected chi connectivity index (χ0v) is 18.1. The molecule has 0 bridgehead atoms. The van der Waals surface area contributed by atoms with Gasteiger partial charge in [-0.15, -0.1) is 0 Å². The predicted molar refractivity (Wildman–Crippen MR) is 115 cm³/mol. The summed E-state index contributed by atoms with van der Waals surface area (Å²) in [5.74, 6) is -1.000. The van der Waals surface area contributed by atoms with Crippen LogP contribution < -0.4 is 14.9 Å². The second-order valence-electron chi connectivity index (χ2n) is 7.62. The Morgan fingerprint density at radius 3 is 2.65 bits per heavy atom. The van der Waals surface area contributed by atoms with Crippen LogP contribution in [0.25, 0.3) is 0 Å². The van der Waals surface area contributed by atoms with Crippen molar-refractivity contribution in [1.29, 1.82) is 0 Å². The number of amides is 2. The third-order valence-electron chi connectivity index (χ3n) is 5.30. The average Bonchev–Trinajstić information content (AvgIpc) is 3.48. The predicted octanol–water partition coefficient (Wildman–Crippen LogP) is 3.09. The van der Waals surface area contributed by atoms with Crippen LogP contribution in [0, 0.1) is 11.7 Å². The van der Waals surface area contributed by atoms with E-state index in [4.69, 9.17) is 11.6 Å². The molecule has 0 atom stereocenters. The number of fused-ring (bicyclic) bond motifs is 1. The maximum Gasteiger partial charge on any atom is 0.240 e. The van der Waals surface area contributed by atoms with E-state index in [9.17, 15) is 22.4 Å². The number of carbonyl (C=O) groups is 2. The monoisotopic (exact) mass is 465 g/mol. The molecule has 0 unspecified atom stereocenters. The Morgan fingerprint density at radius 2 is 1.94 bits per heavy atom. The van der Waals surface area contributed by atoms with Crippen molar-refractivity contribution >= 4 is 44.8 Å². The maximum absolute atomic E-state index is 13.7. The number of hydrogen-bond acceptors (Lipinski definition) is 4. The highest BCUT2D eigenvalue weighted by molar-refractivity contribution is 7.89. The lowest BCUT2D eigenvalue weighted by molar-refractivity contribution is -0.119. The van der Waals surface area contributed by atoms with Gasteiger partial charge in [0.1, 0.15) is 5.82 Å². The maximum atomic E-state index is 13.7. The lowest BCUT2D eigenvalue weighted by Gasteiger charge is -2.17. The van der Waals surface area contributed by atoms with Crippen LogP contribution in [0.5, 0.6) is 0 Å². The van der Waals surface area contributed by atoms with Gasteiger partial charge in [0.2, 0.25) is 21.8 Å². The molecule has 10 heteroatoms.